The number of hydrogen-bond acceptors (Lipinski definition) is 4. The lowest BCUT2D eigenvalue weighted by atomic mass is 9.92. The Morgan fingerprint density at radius 3 is 1.75 bits per heavy atom. The summed E-state index contributed by atoms with van der Waals surface area (Å²) in [7, 11) is 0. The van der Waals surface area contributed by atoms with Gasteiger partial charge in [-0.25, -0.2) is 0 Å². The molecule has 1 aromatic carbocycles. The monoisotopic (exact) mass is 334 g/mol. The first-order valence-electron chi connectivity index (χ1n) is 8.94. The van der Waals surface area contributed by atoms with Gasteiger partial charge in [0.1, 0.15) is 0 Å². The summed E-state index contributed by atoms with van der Waals surface area (Å²) in [5.74, 6) is -0.709. The van der Waals surface area contributed by atoms with Gasteiger partial charge in [-0.2, -0.15) is 0 Å². The van der Waals surface area contributed by atoms with Crippen LogP contribution in [-0.4, -0.2) is 25.2 Å². The van der Waals surface area contributed by atoms with E-state index in [1.165, 1.54) is 0 Å². The van der Waals surface area contributed by atoms with Gasteiger partial charge in [0.15, 0.2) is 0 Å². The number of benzene rings is 1. The summed E-state index contributed by atoms with van der Waals surface area (Å²) in [5.41, 5.74) is 2.12. The van der Waals surface area contributed by atoms with Crippen LogP contribution in [-0.2, 0) is 19.1 Å². The zero-order chi connectivity index (χ0) is 17.8. The minimum Gasteiger partial charge on any atom is -0.466 e. The maximum Gasteiger partial charge on any atom is 0.306 e. The Bertz CT molecular complexity index is 469. The van der Waals surface area contributed by atoms with Crippen molar-refractivity contribution in [3.63, 3.8) is 0 Å². The Morgan fingerprint density at radius 1 is 0.875 bits per heavy atom. The molecule has 0 bridgehead atoms. The lowest BCUT2D eigenvalue weighted by Gasteiger charge is -2.16. The van der Waals surface area contributed by atoms with Gasteiger partial charge in [-0.1, -0.05) is 56.5 Å². The van der Waals surface area contributed by atoms with E-state index >= 15 is 0 Å². The number of aryl methyl sites for hydroxylation is 1. The number of hydrogen-bond donors (Lipinski definition) is 0. The van der Waals surface area contributed by atoms with Gasteiger partial charge in [0, 0.05) is 5.92 Å². The van der Waals surface area contributed by atoms with Crippen LogP contribution in [0.5, 0.6) is 0 Å². The van der Waals surface area contributed by atoms with Crippen molar-refractivity contribution in [2.75, 3.05) is 13.2 Å². The van der Waals surface area contributed by atoms with Crippen LogP contribution in [0, 0.1) is 6.92 Å². The van der Waals surface area contributed by atoms with Crippen LogP contribution < -0.4 is 0 Å². The molecule has 0 spiro atoms. The smallest absolute Gasteiger partial charge is 0.306 e. The number of esters is 2. The molecule has 1 rings (SSSR count). The first kappa shape index (κ1) is 20.2. The average molecular weight is 334 g/mol. The molecular weight excluding hydrogens is 304 g/mol. The number of rotatable bonds is 11. The fourth-order valence-corrected chi connectivity index (χ4v) is 2.33. The van der Waals surface area contributed by atoms with Crippen LogP contribution in [0.4, 0.5) is 0 Å². The van der Waals surface area contributed by atoms with Crippen LogP contribution in [0.15, 0.2) is 24.3 Å². The third-order valence-electron chi connectivity index (χ3n) is 3.90. The Kier molecular flexibility index (Phi) is 9.81. The molecule has 0 unspecified atom stereocenters. The van der Waals surface area contributed by atoms with Crippen molar-refractivity contribution in [1.82, 2.24) is 0 Å². The lowest BCUT2D eigenvalue weighted by Crippen LogP contribution is -2.16. The number of ether oxygens (including phenoxy) is 2. The Morgan fingerprint density at radius 2 is 1.33 bits per heavy atom. The van der Waals surface area contributed by atoms with Gasteiger partial charge in [-0.15, -0.1) is 0 Å². The normalized spacial score (nSPS) is 10.7. The van der Waals surface area contributed by atoms with Crippen molar-refractivity contribution in [2.45, 2.75) is 65.2 Å². The number of unbranched alkanes of at least 4 members (excludes halogenated alkanes) is 2. The molecule has 0 aliphatic heterocycles. The van der Waals surface area contributed by atoms with Gasteiger partial charge >= 0.3 is 11.9 Å². The van der Waals surface area contributed by atoms with Crippen LogP contribution in [0.2, 0.25) is 0 Å². The zero-order valence-corrected chi connectivity index (χ0v) is 15.2. The first-order chi connectivity index (χ1) is 11.6. The molecule has 0 N–H and O–H groups in total. The molecule has 0 aromatic heterocycles. The Balaban J connectivity index is 2.66. The molecule has 0 radical (unpaired) electrons. The molecule has 0 atom stereocenters. The molecule has 4 nitrogen and oxygen atoms in total. The second-order valence-electron chi connectivity index (χ2n) is 6.16. The van der Waals surface area contributed by atoms with Gasteiger partial charge < -0.3 is 9.47 Å². The summed E-state index contributed by atoms with van der Waals surface area (Å²) in [6.07, 6.45) is 4.10. The Hall–Kier alpha value is -1.84. The molecule has 0 saturated heterocycles. The fourth-order valence-electron chi connectivity index (χ4n) is 2.33. The van der Waals surface area contributed by atoms with E-state index in [0.717, 1.165) is 36.8 Å². The zero-order valence-electron chi connectivity index (χ0n) is 15.2. The first-order valence-corrected chi connectivity index (χ1v) is 8.94. The highest BCUT2D eigenvalue weighted by molar-refractivity contribution is 5.74. The van der Waals surface area contributed by atoms with E-state index in [1.54, 1.807) is 0 Å². The molecule has 0 aliphatic rings. The maximum atomic E-state index is 12.0. The predicted molar refractivity (Wildman–Crippen MR) is 94.9 cm³/mol. The third-order valence-corrected chi connectivity index (χ3v) is 3.90. The highest BCUT2D eigenvalue weighted by Crippen LogP contribution is 2.25. The van der Waals surface area contributed by atoms with Gasteiger partial charge in [-0.05, 0) is 25.3 Å². The molecule has 134 valence electrons. The largest absolute Gasteiger partial charge is 0.466 e. The summed E-state index contributed by atoms with van der Waals surface area (Å²) in [5, 5.41) is 0. The summed E-state index contributed by atoms with van der Waals surface area (Å²) in [6, 6.07) is 7.93. The van der Waals surface area contributed by atoms with E-state index in [4.69, 9.17) is 9.47 Å². The van der Waals surface area contributed by atoms with Crippen LogP contribution in [0.3, 0.4) is 0 Å². The fraction of sp³-hybridized carbons (Fsp3) is 0.600. The molecular formula is C20H30O4. The van der Waals surface area contributed by atoms with E-state index in [1.807, 2.05) is 31.2 Å². The van der Waals surface area contributed by atoms with E-state index < -0.39 is 0 Å². The quantitative estimate of drug-likeness (QED) is 0.440. The van der Waals surface area contributed by atoms with Gasteiger partial charge in [-0.3, -0.25) is 9.59 Å². The van der Waals surface area contributed by atoms with Crippen molar-refractivity contribution < 1.29 is 19.1 Å². The van der Waals surface area contributed by atoms with E-state index in [0.29, 0.717) is 13.2 Å². The molecule has 0 aliphatic carbocycles. The molecule has 1 aromatic rings. The highest BCUT2D eigenvalue weighted by Gasteiger charge is 2.21. The second kappa shape index (κ2) is 11.7. The maximum absolute atomic E-state index is 12.0. The van der Waals surface area contributed by atoms with Crippen LogP contribution in [0.1, 0.15) is 69.4 Å². The van der Waals surface area contributed by atoms with Crippen molar-refractivity contribution in [3.05, 3.63) is 35.4 Å². The van der Waals surface area contributed by atoms with E-state index in [-0.39, 0.29) is 30.7 Å². The van der Waals surface area contributed by atoms with E-state index in [9.17, 15) is 9.59 Å². The van der Waals surface area contributed by atoms with Gasteiger partial charge in [0.05, 0.1) is 26.1 Å². The summed E-state index contributed by atoms with van der Waals surface area (Å²) >= 11 is 0. The van der Waals surface area contributed by atoms with E-state index in [2.05, 4.69) is 13.8 Å². The molecule has 0 saturated carbocycles. The minimum absolute atomic E-state index is 0.200. The average Bonchev–Trinajstić information content (AvgIpc) is 2.55. The summed E-state index contributed by atoms with van der Waals surface area (Å²) < 4.78 is 10.5. The number of carbonyl (C=O) groups excluding carboxylic acids is 2. The SMILES string of the molecule is CCCCOC(=O)CC(CC(=O)OCCCC)c1ccc(C)cc1. The van der Waals surface area contributed by atoms with Crippen molar-refractivity contribution in [1.29, 1.82) is 0 Å². The van der Waals surface area contributed by atoms with Crippen molar-refractivity contribution in [2.24, 2.45) is 0 Å². The molecule has 0 amide bonds. The van der Waals surface area contributed by atoms with Crippen molar-refractivity contribution >= 4 is 11.9 Å². The molecule has 0 fully saturated rings. The van der Waals surface area contributed by atoms with Crippen LogP contribution in [0.25, 0.3) is 0 Å². The molecule has 0 heterocycles. The minimum atomic E-state index is -0.254. The summed E-state index contributed by atoms with van der Waals surface area (Å²) in [4.78, 5) is 24.1. The topological polar surface area (TPSA) is 52.6 Å². The van der Waals surface area contributed by atoms with Crippen molar-refractivity contribution in [3.8, 4) is 0 Å². The standard InChI is InChI=1S/C20H30O4/c1-4-6-12-23-19(21)14-18(15-20(22)24-13-7-5-2)17-10-8-16(3)9-11-17/h8-11,18H,4-7,12-15H2,1-3H3. The lowest BCUT2D eigenvalue weighted by molar-refractivity contribution is -0.146. The predicted octanol–water partition coefficient (Wildman–Crippen LogP) is 4.55. The van der Waals surface area contributed by atoms with Crippen LogP contribution >= 0.6 is 0 Å². The Labute approximate surface area is 145 Å². The molecule has 4 heteroatoms. The van der Waals surface area contributed by atoms with Gasteiger partial charge in [0.25, 0.3) is 0 Å². The molecule has 24 heavy (non-hydrogen) atoms. The second-order valence-corrected chi connectivity index (χ2v) is 6.16. The summed E-state index contributed by atoms with van der Waals surface area (Å²) in [6.45, 7) is 7.00. The number of carbonyl (C=O) groups is 2. The highest BCUT2D eigenvalue weighted by atomic mass is 16.5. The van der Waals surface area contributed by atoms with Gasteiger partial charge in [0.2, 0.25) is 0 Å². The third kappa shape index (κ3) is 8.14.